The number of aromatic nitrogens is 3. The van der Waals surface area contributed by atoms with Crippen molar-refractivity contribution in [1.82, 2.24) is 14.5 Å². The number of benzene rings is 7. The minimum Gasteiger partial charge on any atom is -0.293 e. The minimum absolute atomic E-state index is 0.711. The van der Waals surface area contributed by atoms with Crippen LogP contribution in [0.3, 0.4) is 0 Å². The number of rotatable bonds is 4. The fourth-order valence-corrected chi connectivity index (χ4v) is 8.29. The van der Waals surface area contributed by atoms with Crippen LogP contribution in [0.5, 0.6) is 0 Å². The summed E-state index contributed by atoms with van der Waals surface area (Å²) in [6.07, 6.45) is 0. The highest BCUT2D eigenvalue weighted by atomic mass is 32.1. The Kier molecular flexibility index (Phi) is 7.45. The lowest BCUT2D eigenvalue weighted by molar-refractivity contribution is 1.08. The standard InChI is InChI=1S/C44H27N3S.C2H6/c1-2-12-28(13-3-1)29-14-10-15-30(26-29)31-16-11-17-32(27-31)43-45-42-36(24-25-40-41(42)35-20-6-9-23-39(35)48-40)44(46-43)47-37-21-7-4-18-33(37)34-19-5-8-22-38(34)47;1-2/h1-27H;1-2H3. The third kappa shape index (κ3) is 4.88. The molecule has 3 heterocycles. The van der Waals surface area contributed by atoms with Crippen LogP contribution in [-0.2, 0) is 0 Å². The average Bonchev–Trinajstić information content (AvgIpc) is 3.75. The molecule has 0 atom stereocenters. The SMILES string of the molecule is CC.c1ccc(-c2cccc(-c3cccc(-c4nc(-n5c6ccccc6c6ccccc65)c5ccc6sc7ccccc7c6c5n4)c3)c2)cc1. The molecule has 0 bridgehead atoms. The van der Waals surface area contributed by atoms with Gasteiger partial charge in [0, 0.05) is 41.9 Å². The molecule has 0 N–H and O–H groups in total. The molecule has 0 aliphatic rings. The summed E-state index contributed by atoms with van der Waals surface area (Å²) in [6.45, 7) is 4.00. The predicted molar refractivity (Wildman–Crippen MR) is 214 cm³/mol. The topological polar surface area (TPSA) is 30.7 Å². The van der Waals surface area contributed by atoms with Crippen molar-refractivity contribution in [3.05, 3.63) is 164 Å². The third-order valence-electron chi connectivity index (χ3n) is 9.40. The lowest BCUT2D eigenvalue weighted by atomic mass is 9.98. The molecule has 10 aromatic rings. The number of nitrogens with zero attached hydrogens (tertiary/aromatic N) is 3. The van der Waals surface area contributed by atoms with E-state index < -0.39 is 0 Å². The fraction of sp³-hybridized carbons (Fsp3) is 0.0435. The highest BCUT2D eigenvalue weighted by molar-refractivity contribution is 7.26. The Hall–Kier alpha value is -6.10. The van der Waals surface area contributed by atoms with E-state index in [2.05, 4.69) is 168 Å². The molecule has 0 aliphatic carbocycles. The Bertz CT molecular complexity index is 2790. The summed E-state index contributed by atoms with van der Waals surface area (Å²) in [4.78, 5) is 10.8. The van der Waals surface area contributed by atoms with E-state index >= 15 is 0 Å². The Balaban J connectivity index is 0.00000165. The van der Waals surface area contributed by atoms with Crippen molar-refractivity contribution in [1.29, 1.82) is 0 Å². The van der Waals surface area contributed by atoms with Crippen molar-refractivity contribution in [3.8, 4) is 39.5 Å². The van der Waals surface area contributed by atoms with Crippen molar-refractivity contribution in [2.75, 3.05) is 0 Å². The molecule has 0 aliphatic heterocycles. The molecule has 238 valence electrons. The van der Waals surface area contributed by atoms with E-state index in [0.717, 1.165) is 44.4 Å². The summed E-state index contributed by atoms with van der Waals surface area (Å²) in [5.41, 5.74) is 8.91. The van der Waals surface area contributed by atoms with Crippen LogP contribution >= 0.6 is 11.3 Å². The van der Waals surface area contributed by atoms with Crippen LogP contribution < -0.4 is 0 Å². The lowest BCUT2D eigenvalue weighted by Gasteiger charge is -2.14. The largest absolute Gasteiger partial charge is 0.293 e. The van der Waals surface area contributed by atoms with Crippen LogP contribution in [0, 0.1) is 0 Å². The number of hydrogen-bond acceptors (Lipinski definition) is 3. The van der Waals surface area contributed by atoms with E-state index in [4.69, 9.17) is 9.97 Å². The van der Waals surface area contributed by atoms with Gasteiger partial charge in [0.25, 0.3) is 0 Å². The summed E-state index contributed by atoms with van der Waals surface area (Å²) in [6, 6.07) is 58.3. The second-order valence-electron chi connectivity index (χ2n) is 12.2. The van der Waals surface area contributed by atoms with Gasteiger partial charge in [-0.3, -0.25) is 4.57 Å². The second kappa shape index (κ2) is 12.4. The van der Waals surface area contributed by atoms with Crippen molar-refractivity contribution in [2.45, 2.75) is 13.8 Å². The monoisotopic (exact) mass is 659 g/mol. The summed E-state index contributed by atoms with van der Waals surface area (Å²) in [7, 11) is 0. The van der Waals surface area contributed by atoms with Crippen LogP contribution in [0.2, 0.25) is 0 Å². The first-order chi connectivity index (χ1) is 24.8. The Morgan fingerprint density at radius 3 is 1.66 bits per heavy atom. The summed E-state index contributed by atoms with van der Waals surface area (Å²) in [5, 5.41) is 5.87. The van der Waals surface area contributed by atoms with Crippen molar-refractivity contribution < 1.29 is 0 Å². The van der Waals surface area contributed by atoms with Crippen molar-refractivity contribution in [2.24, 2.45) is 0 Å². The molecule has 0 fully saturated rings. The first-order valence-electron chi connectivity index (χ1n) is 17.2. The van der Waals surface area contributed by atoms with Crippen LogP contribution in [0.4, 0.5) is 0 Å². The molecule has 0 saturated heterocycles. The van der Waals surface area contributed by atoms with Gasteiger partial charge in [0.05, 0.1) is 16.6 Å². The van der Waals surface area contributed by atoms with E-state index in [0.29, 0.717) is 5.82 Å². The first-order valence-corrected chi connectivity index (χ1v) is 18.0. The Morgan fingerprint density at radius 2 is 0.960 bits per heavy atom. The molecule has 0 amide bonds. The quantitative estimate of drug-likeness (QED) is 0.188. The van der Waals surface area contributed by atoms with Gasteiger partial charge in [0.1, 0.15) is 5.82 Å². The maximum absolute atomic E-state index is 5.44. The molecule has 50 heavy (non-hydrogen) atoms. The molecule has 3 aromatic heterocycles. The summed E-state index contributed by atoms with van der Waals surface area (Å²) >= 11 is 1.82. The first kappa shape index (κ1) is 30.0. The maximum atomic E-state index is 5.44. The highest BCUT2D eigenvalue weighted by Gasteiger charge is 2.20. The summed E-state index contributed by atoms with van der Waals surface area (Å²) < 4.78 is 4.82. The van der Waals surface area contributed by atoms with Gasteiger partial charge in [-0.05, 0) is 64.7 Å². The average molecular weight is 660 g/mol. The van der Waals surface area contributed by atoms with Crippen molar-refractivity contribution >= 4 is 64.2 Å². The van der Waals surface area contributed by atoms with E-state index in [9.17, 15) is 0 Å². The van der Waals surface area contributed by atoms with E-state index in [1.165, 1.54) is 42.1 Å². The molecule has 7 aromatic carbocycles. The van der Waals surface area contributed by atoms with Gasteiger partial charge in [-0.15, -0.1) is 11.3 Å². The normalized spacial score (nSPS) is 11.4. The predicted octanol–water partition coefficient (Wildman–Crippen LogP) is 13.1. The Labute approximate surface area is 294 Å². The van der Waals surface area contributed by atoms with Gasteiger partial charge in [0.15, 0.2) is 5.82 Å². The summed E-state index contributed by atoms with van der Waals surface area (Å²) in [5.74, 6) is 1.60. The molecular weight excluding hydrogens is 627 g/mol. The lowest BCUT2D eigenvalue weighted by Crippen LogP contribution is -2.03. The van der Waals surface area contributed by atoms with Gasteiger partial charge >= 0.3 is 0 Å². The number of para-hydroxylation sites is 2. The zero-order chi connectivity index (χ0) is 33.6. The molecular formula is C46H33N3S. The highest BCUT2D eigenvalue weighted by Crippen LogP contribution is 2.41. The molecule has 10 rings (SSSR count). The smallest absolute Gasteiger partial charge is 0.162 e. The van der Waals surface area contributed by atoms with Gasteiger partial charge < -0.3 is 0 Å². The molecule has 3 nitrogen and oxygen atoms in total. The van der Waals surface area contributed by atoms with E-state index in [-0.39, 0.29) is 0 Å². The maximum Gasteiger partial charge on any atom is 0.162 e. The van der Waals surface area contributed by atoms with Crippen LogP contribution in [0.15, 0.2) is 164 Å². The fourth-order valence-electron chi connectivity index (χ4n) is 7.18. The van der Waals surface area contributed by atoms with Gasteiger partial charge in [-0.2, -0.15) is 0 Å². The number of hydrogen-bond donors (Lipinski definition) is 0. The number of fused-ring (bicyclic) bond motifs is 8. The zero-order valence-corrected chi connectivity index (χ0v) is 28.7. The van der Waals surface area contributed by atoms with Gasteiger partial charge in [-0.1, -0.05) is 135 Å². The van der Waals surface area contributed by atoms with Crippen LogP contribution in [0.1, 0.15) is 13.8 Å². The molecule has 0 unspecified atom stereocenters. The second-order valence-corrected chi connectivity index (χ2v) is 13.3. The van der Waals surface area contributed by atoms with Crippen LogP contribution in [0.25, 0.3) is 92.3 Å². The van der Waals surface area contributed by atoms with E-state index in [1.54, 1.807) is 0 Å². The van der Waals surface area contributed by atoms with Gasteiger partial charge in [-0.25, -0.2) is 9.97 Å². The van der Waals surface area contributed by atoms with Crippen molar-refractivity contribution in [3.63, 3.8) is 0 Å². The third-order valence-corrected chi connectivity index (χ3v) is 10.5. The Morgan fingerprint density at radius 1 is 0.420 bits per heavy atom. The molecule has 0 saturated carbocycles. The molecule has 0 spiro atoms. The minimum atomic E-state index is 0.711. The van der Waals surface area contributed by atoms with Crippen LogP contribution in [-0.4, -0.2) is 14.5 Å². The molecule has 0 radical (unpaired) electrons. The zero-order valence-electron chi connectivity index (χ0n) is 27.8. The van der Waals surface area contributed by atoms with E-state index in [1.807, 2.05) is 25.2 Å². The number of thiophene rings is 1. The van der Waals surface area contributed by atoms with Gasteiger partial charge in [0.2, 0.25) is 0 Å². The molecule has 4 heteroatoms.